The van der Waals surface area contributed by atoms with Crippen molar-refractivity contribution in [1.29, 1.82) is 0 Å². The molecule has 4 rings (SSSR count). The Hall–Kier alpha value is -2.42. The zero-order valence-electron chi connectivity index (χ0n) is 13.5. The number of carbonyl (C=O) groups excluding carboxylic acids is 2. The van der Waals surface area contributed by atoms with Gasteiger partial charge in [-0.05, 0) is 54.2 Å². The Morgan fingerprint density at radius 3 is 2.52 bits per heavy atom. The highest BCUT2D eigenvalue weighted by Crippen LogP contribution is 2.38. The van der Waals surface area contributed by atoms with Gasteiger partial charge in [-0.15, -0.1) is 0 Å². The van der Waals surface area contributed by atoms with Crippen LogP contribution in [0.25, 0.3) is 10.8 Å². The molecule has 0 N–H and O–H groups in total. The molecule has 1 heterocycles. The van der Waals surface area contributed by atoms with Gasteiger partial charge in [0.05, 0.1) is 6.61 Å². The second kappa shape index (κ2) is 4.79. The van der Waals surface area contributed by atoms with Crippen LogP contribution in [0.2, 0.25) is 0 Å². The smallest absolute Gasteiger partial charge is 0.229 e. The van der Waals surface area contributed by atoms with Crippen LogP contribution < -0.4 is 0 Å². The SMILES string of the molecule is Cc1ccc2c3c(ccc2c1C)C(=O)C1=C(OCC(C)C1)C3=O. The Morgan fingerprint density at radius 1 is 1.00 bits per heavy atom. The van der Waals surface area contributed by atoms with E-state index in [9.17, 15) is 9.59 Å². The fraction of sp³-hybridized carbons (Fsp3) is 0.300. The fourth-order valence-electron chi connectivity index (χ4n) is 3.59. The highest BCUT2D eigenvalue weighted by atomic mass is 16.5. The van der Waals surface area contributed by atoms with Gasteiger partial charge >= 0.3 is 0 Å². The number of ether oxygens (including phenoxy) is 1. The van der Waals surface area contributed by atoms with Crippen LogP contribution in [0.5, 0.6) is 0 Å². The molecular weight excluding hydrogens is 288 g/mol. The first-order chi connectivity index (χ1) is 11.0. The van der Waals surface area contributed by atoms with Crippen molar-refractivity contribution < 1.29 is 14.3 Å². The second-order valence-electron chi connectivity index (χ2n) is 6.68. The van der Waals surface area contributed by atoms with Gasteiger partial charge in [0.2, 0.25) is 5.78 Å². The average Bonchev–Trinajstić information content (AvgIpc) is 2.55. The summed E-state index contributed by atoms with van der Waals surface area (Å²) in [6.45, 7) is 6.62. The molecule has 0 bridgehead atoms. The number of aryl methyl sites for hydroxylation is 2. The summed E-state index contributed by atoms with van der Waals surface area (Å²) in [6.07, 6.45) is 0.615. The molecule has 0 spiro atoms. The molecule has 0 aromatic heterocycles. The van der Waals surface area contributed by atoms with Crippen LogP contribution in [-0.2, 0) is 4.74 Å². The third kappa shape index (κ3) is 1.89. The van der Waals surface area contributed by atoms with Gasteiger partial charge in [0.15, 0.2) is 11.5 Å². The van der Waals surface area contributed by atoms with E-state index >= 15 is 0 Å². The van der Waals surface area contributed by atoms with E-state index in [2.05, 4.69) is 0 Å². The minimum atomic E-state index is -0.143. The predicted molar refractivity (Wildman–Crippen MR) is 88.8 cm³/mol. The zero-order chi connectivity index (χ0) is 16.3. The first kappa shape index (κ1) is 14.2. The second-order valence-corrected chi connectivity index (χ2v) is 6.68. The van der Waals surface area contributed by atoms with Gasteiger partial charge in [-0.1, -0.05) is 25.1 Å². The van der Waals surface area contributed by atoms with E-state index in [1.807, 2.05) is 39.0 Å². The number of hydrogen-bond acceptors (Lipinski definition) is 3. The number of ketones is 2. The molecular formula is C20H18O3. The number of hydrogen-bond donors (Lipinski definition) is 0. The Labute approximate surface area is 134 Å². The van der Waals surface area contributed by atoms with E-state index < -0.39 is 0 Å². The molecule has 1 aliphatic carbocycles. The van der Waals surface area contributed by atoms with Crippen LogP contribution in [0, 0.1) is 19.8 Å². The summed E-state index contributed by atoms with van der Waals surface area (Å²) in [6, 6.07) is 7.70. The van der Waals surface area contributed by atoms with E-state index in [-0.39, 0.29) is 23.2 Å². The van der Waals surface area contributed by atoms with Gasteiger partial charge in [0.25, 0.3) is 0 Å². The van der Waals surface area contributed by atoms with Crippen molar-refractivity contribution in [3.63, 3.8) is 0 Å². The molecule has 23 heavy (non-hydrogen) atoms. The standard InChI is InChI=1S/C20H18O3/c1-10-8-16-18(21)15-7-6-13-12(3)11(2)4-5-14(13)17(15)19(22)20(16)23-9-10/h4-7,10H,8-9H2,1-3H3. The van der Waals surface area contributed by atoms with E-state index in [1.54, 1.807) is 6.07 Å². The predicted octanol–water partition coefficient (Wildman–Crippen LogP) is 4.15. The van der Waals surface area contributed by atoms with Gasteiger partial charge < -0.3 is 4.74 Å². The molecule has 1 atom stereocenters. The summed E-state index contributed by atoms with van der Waals surface area (Å²) >= 11 is 0. The third-order valence-corrected chi connectivity index (χ3v) is 5.03. The molecule has 116 valence electrons. The molecule has 2 aromatic carbocycles. The number of Topliss-reactive ketones (excluding diaryl/α,β-unsaturated/α-hetero) is 2. The average molecular weight is 306 g/mol. The highest BCUT2D eigenvalue weighted by molar-refractivity contribution is 6.30. The number of carbonyl (C=O) groups is 2. The van der Waals surface area contributed by atoms with Crippen molar-refractivity contribution in [3.05, 3.63) is 57.9 Å². The number of benzene rings is 2. The summed E-state index contributed by atoms with van der Waals surface area (Å²) in [4.78, 5) is 25.8. The van der Waals surface area contributed by atoms with Crippen molar-refractivity contribution in [1.82, 2.24) is 0 Å². The lowest BCUT2D eigenvalue weighted by Gasteiger charge is -2.28. The minimum absolute atomic E-state index is 0.0544. The van der Waals surface area contributed by atoms with Crippen molar-refractivity contribution in [2.75, 3.05) is 6.61 Å². The lowest BCUT2D eigenvalue weighted by molar-refractivity contribution is 0.0785. The Kier molecular flexibility index (Phi) is 2.95. The van der Waals surface area contributed by atoms with Crippen LogP contribution >= 0.6 is 0 Å². The maximum absolute atomic E-state index is 13.0. The minimum Gasteiger partial charge on any atom is -0.489 e. The maximum Gasteiger partial charge on any atom is 0.229 e. The molecule has 0 saturated heterocycles. The van der Waals surface area contributed by atoms with Crippen LogP contribution in [-0.4, -0.2) is 18.2 Å². The summed E-state index contributed by atoms with van der Waals surface area (Å²) in [7, 11) is 0. The van der Waals surface area contributed by atoms with E-state index in [0.717, 1.165) is 16.3 Å². The molecule has 0 amide bonds. The normalized spacial score (nSPS) is 20.4. The Morgan fingerprint density at radius 2 is 1.74 bits per heavy atom. The molecule has 0 saturated carbocycles. The lowest BCUT2D eigenvalue weighted by atomic mass is 9.80. The van der Waals surface area contributed by atoms with Crippen molar-refractivity contribution in [3.8, 4) is 0 Å². The summed E-state index contributed by atoms with van der Waals surface area (Å²) in [5.41, 5.74) is 3.88. The third-order valence-electron chi connectivity index (χ3n) is 5.03. The summed E-state index contributed by atoms with van der Waals surface area (Å²) in [5, 5.41) is 1.87. The van der Waals surface area contributed by atoms with Gasteiger partial charge in [0.1, 0.15) is 0 Å². The van der Waals surface area contributed by atoms with Crippen LogP contribution in [0.4, 0.5) is 0 Å². The maximum atomic E-state index is 13.0. The molecule has 0 fully saturated rings. The number of rotatable bonds is 0. The van der Waals surface area contributed by atoms with Crippen LogP contribution in [0.1, 0.15) is 45.2 Å². The monoisotopic (exact) mass is 306 g/mol. The summed E-state index contributed by atoms with van der Waals surface area (Å²) < 4.78 is 5.65. The largest absolute Gasteiger partial charge is 0.489 e. The first-order valence-corrected chi connectivity index (χ1v) is 7.97. The molecule has 1 aliphatic heterocycles. The Bertz CT molecular complexity index is 918. The van der Waals surface area contributed by atoms with Crippen molar-refractivity contribution in [2.24, 2.45) is 5.92 Å². The van der Waals surface area contributed by atoms with Gasteiger partial charge in [-0.2, -0.15) is 0 Å². The molecule has 1 unspecified atom stereocenters. The quantitative estimate of drug-likeness (QED) is 0.734. The van der Waals surface area contributed by atoms with Crippen molar-refractivity contribution >= 4 is 22.3 Å². The zero-order valence-corrected chi connectivity index (χ0v) is 13.5. The van der Waals surface area contributed by atoms with Gasteiger partial charge in [-0.25, -0.2) is 0 Å². The lowest BCUT2D eigenvalue weighted by Crippen LogP contribution is -2.29. The summed E-state index contributed by atoms with van der Waals surface area (Å²) in [5.74, 6) is 0.334. The van der Waals surface area contributed by atoms with Gasteiger partial charge in [0, 0.05) is 16.7 Å². The Balaban J connectivity index is 2.02. The molecule has 3 heteroatoms. The topological polar surface area (TPSA) is 43.4 Å². The van der Waals surface area contributed by atoms with Crippen LogP contribution in [0.3, 0.4) is 0 Å². The molecule has 0 radical (unpaired) electrons. The molecule has 2 aromatic rings. The number of fused-ring (bicyclic) bond motifs is 3. The van der Waals surface area contributed by atoms with Gasteiger partial charge in [-0.3, -0.25) is 9.59 Å². The van der Waals surface area contributed by atoms with Crippen molar-refractivity contribution in [2.45, 2.75) is 27.2 Å². The van der Waals surface area contributed by atoms with E-state index in [0.29, 0.717) is 29.7 Å². The van der Waals surface area contributed by atoms with E-state index in [4.69, 9.17) is 4.74 Å². The highest BCUT2D eigenvalue weighted by Gasteiger charge is 2.37. The fourth-order valence-corrected chi connectivity index (χ4v) is 3.59. The van der Waals surface area contributed by atoms with E-state index in [1.165, 1.54) is 5.56 Å². The number of allylic oxidation sites excluding steroid dienone is 2. The molecule has 3 nitrogen and oxygen atoms in total. The molecule has 2 aliphatic rings. The van der Waals surface area contributed by atoms with Crippen LogP contribution in [0.15, 0.2) is 35.6 Å². The first-order valence-electron chi connectivity index (χ1n) is 7.97.